The predicted molar refractivity (Wildman–Crippen MR) is 66.7 cm³/mol. The molecule has 1 fully saturated rings. The fraction of sp³-hybridized carbons (Fsp3) is 0.727. The fourth-order valence-corrected chi connectivity index (χ4v) is 4.19. The van der Waals surface area contributed by atoms with Crippen molar-refractivity contribution in [2.24, 2.45) is 7.05 Å². The smallest absolute Gasteiger partial charge is 0.282 e. The molecule has 0 saturated carbocycles. The Labute approximate surface area is 111 Å². The molecule has 2 rings (SSSR count). The second kappa shape index (κ2) is 5.16. The van der Waals surface area contributed by atoms with Gasteiger partial charge < -0.3 is 0 Å². The van der Waals surface area contributed by atoms with E-state index in [0.29, 0.717) is 12.0 Å². The van der Waals surface area contributed by atoms with E-state index in [4.69, 9.17) is 0 Å². The van der Waals surface area contributed by atoms with Gasteiger partial charge in [0.2, 0.25) is 0 Å². The van der Waals surface area contributed by atoms with Gasteiger partial charge in [-0.2, -0.15) is 5.10 Å². The zero-order chi connectivity index (χ0) is 14.2. The molecule has 1 aromatic rings. The number of hydrogen-bond donors (Lipinski definition) is 0. The minimum Gasteiger partial charge on any atom is -0.298 e. The van der Waals surface area contributed by atoms with Crippen LogP contribution in [0.5, 0.6) is 0 Å². The average molecular weight is 293 g/mol. The van der Waals surface area contributed by atoms with Gasteiger partial charge in [0.1, 0.15) is 5.69 Å². The molecule has 1 aromatic heterocycles. The van der Waals surface area contributed by atoms with Crippen LogP contribution in [0.2, 0.25) is 0 Å². The normalized spacial score (nSPS) is 22.5. The SMILES string of the molecule is CN(Cc1cn(C)nc1C(F)F)C1CCS(=O)(=O)C1. The number of sulfone groups is 1. The highest BCUT2D eigenvalue weighted by Gasteiger charge is 2.31. The third-order valence-corrected chi connectivity index (χ3v) is 5.15. The molecule has 0 spiro atoms. The van der Waals surface area contributed by atoms with Gasteiger partial charge in [-0.15, -0.1) is 0 Å². The van der Waals surface area contributed by atoms with Gasteiger partial charge in [0.15, 0.2) is 9.84 Å². The van der Waals surface area contributed by atoms with Crippen LogP contribution in [0.15, 0.2) is 6.20 Å². The molecular weight excluding hydrogens is 276 g/mol. The lowest BCUT2D eigenvalue weighted by molar-refractivity contribution is 0.142. The Morgan fingerprint density at radius 1 is 1.58 bits per heavy atom. The first-order valence-corrected chi connectivity index (χ1v) is 7.82. The van der Waals surface area contributed by atoms with Crippen LogP contribution in [-0.2, 0) is 23.4 Å². The van der Waals surface area contributed by atoms with Crippen molar-refractivity contribution < 1.29 is 17.2 Å². The number of rotatable bonds is 4. The van der Waals surface area contributed by atoms with Crippen molar-refractivity contribution in [3.8, 4) is 0 Å². The molecule has 8 heteroatoms. The number of alkyl halides is 2. The van der Waals surface area contributed by atoms with Crippen LogP contribution in [0.25, 0.3) is 0 Å². The standard InChI is InChI=1S/C11H17F2N3O2S/c1-15(9-3-4-19(17,18)7-9)5-8-6-16(2)14-10(8)11(12)13/h6,9,11H,3-5,7H2,1-2H3. The molecule has 2 heterocycles. The van der Waals surface area contributed by atoms with Crippen LogP contribution in [0.1, 0.15) is 24.1 Å². The summed E-state index contributed by atoms with van der Waals surface area (Å²) in [7, 11) is 0.386. The maximum absolute atomic E-state index is 12.8. The van der Waals surface area contributed by atoms with Gasteiger partial charge >= 0.3 is 0 Å². The van der Waals surface area contributed by atoms with Gasteiger partial charge in [-0.1, -0.05) is 0 Å². The lowest BCUT2D eigenvalue weighted by Crippen LogP contribution is -2.32. The van der Waals surface area contributed by atoms with Crippen molar-refractivity contribution in [3.63, 3.8) is 0 Å². The summed E-state index contributed by atoms with van der Waals surface area (Å²) in [6.45, 7) is 0.285. The maximum Gasteiger partial charge on any atom is 0.282 e. The van der Waals surface area contributed by atoms with E-state index in [-0.39, 0.29) is 29.8 Å². The quantitative estimate of drug-likeness (QED) is 0.830. The lowest BCUT2D eigenvalue weighted by Gasteiger charge is -2.22. The van der Waals surface area contributed by atoms with Crippen LogP contribution >= 0.6 is 0 Å². The van der Waals surface area contributed by atoms with Gasteiger partial charge in [0.25, 0.3) is 6.43 Å². The van der Waals surface area contributed by atoms with Gasteiger partial charge in [-0.05, 0) is 13.5 Å². The van der Waals surface area contributed by atoms with E-state index in [1.165, 1.54) is 4.68 Å². The van der Waals surface area contributed by atoms with E-state index in [1.54, 1.807) is 20.3 Å². The van der Waals surface area contributed by atoms with Gasteiger partial charge in [-0.3, -0.25) is 9.58 Å². The molecular formula is C11H17F2N3O2S. The van der Waals surface area contributed by atoms with E-state index >= 15 is 0 Å². The van der Waals surface area contributed by atoms with E-state index in [2.05, 4.69) is 5.10 Å². The summed E-state index contributed by atoms with van der Waals surface area (Å²) in [6.07, 6.45) is -0.498. The number of hydrogen-bond acceptors (Lipinski definition) is 4. The van der Waals surface area contributed by atoms with Crippen molar-refractivity contribution in [2.75, 3.05) is 18.6 Å². The number of nitrogens with zero attached hydrogens (tertiary/aromatic N) is 3. The number of halogens is 2. The molecule has 0 aromatic carbocycles. The Morgan fingerprint density at radius 2 is 2.26 bits per heavy atom. The molecule has 0 aliphatic carbocycles. The average Bonchev–Trinajstić information content (AvgIpc) is 2.81. The topological polar surface area (TPSA) is 55.2 Å². The van der Waals surface area contributed by atoms with Crippen molar-refractivity contribution >= 4 is 9.84 Å². The zero-order valence-electron chi connectivity index (χ0n) is 10.9. The van der Waals surface area contributed by atoms with Crippen LogP contribution in [0, 0.1) is 0 Å². The maximum atomic E-state index is 12.8. The molecule has 1 saturated heterocycles. The molecule has 1 atom stereocenters. The summed E-state index contributed by atoms with van der Waals surface area (Å²) in [5.41, 5.74) is 0.222. The first-order valence-electron chi connectivity index (χ1n) is 6.00. The molecule has 0 bridgehead atoms. The molecule has 19 heavy (non-hydrogen) atoms. The summed E-state index contributed by atoms with van der Waals surface area (Å²) >= 11 is 0. The van der Waals surface area contributed by atoms with Crippen LogP contribution in [0.4, 0.5) is 8.78 Å². The number of aryl methyl sites for hydroxylation is 1. The lowest BCUT2D eigenvalue weighted by atomic mass is 10.2. The molecule has 0 amide bonds. The van der Waals surface area contributed by atoms with Crippen LogP contribution < -0.4 is 0 Å². The van der Waals surface area contributed by atoms with Gasteiger partial charge in [-0.25, -0.2) is 17.2 Å². The second-order valence-corrected chi connectivity index (χ2v) is 7.21. The third-order valence-electron chi connectivity index (χ3n) is 3.40. The summed E-state index contributed by atoms with van der Waals surface area (Å²) in [6, 6.07) is -0.101. The minimum atomic E-state index is -2.96. The highest BCUT2D eigenvalue weighted by atomic mass is 32.2. The minimum absolute atomic E-state index is 0.101. The van der Waals surface area contributed by atoms with Gasteiger partial charge in [0, 0.05) is 31.4 Å². The van der Waals surface area contributed by atoms with Crippen LogP contribution in [-0.4, -0.2) is 47.7 Å². The van der Waals surface area contributed by atoms with Crippen molar-refractivity contribution in [2.45, 2.75) is 25.4 Å². The Balaban J connectivity index is 2.09. The van der Waals surface area contributed by atoms with E-state index in [9.17, 15) is 17.2 Å². The highest BCUT2D eigenvalue weighted by Crippen LogP contribution is 2.24. The first-order chi connectivity index (χ1) is 8.78. The molecule has 1 aliphatic heterocycles. The Morgan fingerprint density at radius 3 is 2.79 bits per heavy atom. The Kier molecular flexibility index (Phi) is 3.91. The fourth-order valence-electron chi connectivity index (χ4n) is 2.38. The molecule has 108 valence electrons. The van der Waals surface area contributed by atoms with Crippen molar-refractivity contribution in [1.29, 1.82) is 0 Å². The Bertz CT molecular complexity index is 556. The Hall–Kier alpha value is -1.02. The summed E-state index contributed by atoms with van der Waals surface area (Å²) in [5, 5.41) is 3.74. The monoisotopic (exact) mass is 293 g/mol. The summed E-state index contributed by atoms with van der Waals surface area (Å²) < 4.78 is 49.8. The predicted octanol–water partition coefficient (Wildman–Crippen LogP) is 0.977. The van der Waals surface area contributed by atoms with Crippen molar-refractivity contribution in [1.82, 2.24) is 14.7 Å². The zero-order valence-corrected chi connectivity index (χ0v) is 11.7. The molecule has 0 radical (unpaired) electrons. The molecule has 1 unspecified atom stereocenters. The molecule has 0 N–H and O–H groups in total. The third kappa shape index (κ3) is 3.30. The number of aromatic nitrogens is 2. The summed E-state index contributed by atoms with van der Waals surface area (Å²) in [5.74, 6) is 0.282. The van der Waals surface area contributed by atoms with Crippen LogP contribution in [0.3, 0.4) is 0 Å². The van der Waals surface area contributed by atoms with Gasteiger partial charge in [0.05, 0.1) is 11.5 Å². The highest BCUT2D eigenvalue weighted by molar-refractivity contribution is 7.91. The largest absolute Gasteiger partial charge is 0.298 e. The molecule has 1 aliphatic rings. The van der Waals surface area contributed by atoms with E-state index < -0.39 is 16.3 Å². The van der Waals surface area contributed by atoms with E-state index in [0.717, 1.165) is 0 Å². The van der Waals surface area contributed by atoms with Crippen molar-refractivity contribution in [3.05, 3.63) is 17.5 Å². The summed E-state index contributed by atoms with van der Waals surface area (Å²) in [4.78, 5) is 1.81. The first kappa shape index (κ1) is 14.4. The van der Waals surface area contributed by atoms with E-state index in [1.807, 2.05) is 4.90 Å². The second-order valence-electron chi connectivity index (χ2n) is 4.99. The molecule has 5 nitrogen and oxygen atoms in total.